The number of benzene rings is 13. The lowest BCUT2D eigenvalue weighted by molar-refractivity contribution is -0.527. The van der Waals surface area contributed by atoms with Crippen LogP contribution in [0.3, 0.4) is 0 Å². The summed E-state index contributed by atoms with van der Waals surface area (Å²) in [7, 11) is 0. The maximum absolute atomic E-state index is 6.08. The van der Waals surface area contributed by atoms with Crippen LogP contribution in [0.4, 0.5) is 28.4 Å². The summed E-state index contributed by atoms with van der Waals surface area (Å²) in [5.74, 6) is 5.34. The van der Waals surface area contributed by atoms with E-state index in [2.05, 4.69) is 354 Å². The van der Waals surface area contributed by atoms with Crippen LogP contribution in [0.25, 0.3) is 0 Å². The first kappa shape index (κ1) is 102. The normalized spacial score (nSPS) is 16.1. The molecular formula is C120H140Cl2N5O5+5. The molecule has 0 fully saturated rings. The highest BCUT2D eigenvalue weighted by atomic mass is 35.5. The molecule has 5 unspecified atom stereocenters. The molecular weight excluding hydrogens is 1660 g/mol. The largest absolute Gasteiger partial charge is 0.433 e. The summed E-state index contributed by atoms with van der Waals surface area (Å²) in [6.07, 6.45) is 27.4. The van der Waals surface area contributed by atoms with Gasteiger partial charge in [-0.1, -0.05) is 310 Å². The van der Waals surface area contributed by atoms with Crippen LogP contribution in [-0.2, 0) is 11.8 Å². The Kier molecular flexibility index (Phi) is 41.9. The molecule has 0 aromatic heterocycles. The van der Waals surface area contributed by atoms with Gasteiger partial charge in [-0.3, -0.25) is 0 Å². The molecule has 13 aromatic rings. The highest BCUT2D eigenvalue weighted by Crippen LogP contribution is 2.35. The van der Waals surface area contributed by atoms with Gasteiger partial charge in [0.15, 0.2) is 30.6 Å². The summed E-state index contributed by atoms with van der Waals surface area (Å²) < 4.78 is 40.7. The van der Waals surface area contributed by atoms with E-state index in [4.69, 9.17) is 46.9 Å². The first-order chi connectivity index (χ1) is 64.1. The molecule has 13 aromatic carbocycles. The smallest absolute Gasteiger partial charge is 0.299 e. The van der Waals surface area contributed by atoms with Crippen molar-refractivity contribution in [1.82, 2.24) is 0 Å². The molecule has 1 aliphatic carbocycles. The lowest BCUT2D eigenvalue weighted by atomic mass is 9.87. The van der Waals surface area contributed by atoms with E-state index in [-0.39, 0.29) is 36.6 Å². The number of para-hydroxylation sites is 9. The van der Waals surface area contributed by atoms with E-state index in [0.29, 0.717) is 16.7 Å². The van der Waals surface area contributed by atoms with Gasteiger partial charge in [-0.2, -0.15) is 22.9 Å². The molecule has 5 heterocycles. The van der Waals surface area contributed by atoms with Gasteiger partial charge in [0.1, 0.15) is 28.7 Å². The monoisotopic (exact) mass is 1800 g/mol. The lowest BCUT2D eigenvalue weighted by Gasteiger charge is -2.23. The zero-order valence-electron chi connectivity index (χ0n) is 80.5. The Morgan fingerprint density at radius 2 is 0.576 bits per heavy atom. The molecule has 0 amide bonds. The van der Waals surface area contributed by atoms with Crippen LogP contribution in [0.5, 0.6) is 28.7 Å². The van der Waals surface area contributed by atoms with Crippen LogP contribution in [-0.4, -0.2) is 95.3 Å². The fourth-order valence-corrected chi connectivity index (χ4v) is 15.8. The van der Waals surface area contributed by atoms with E-state index < -0.39 is 0 Å². The Balaban J connectivity index is 0.000000156. The molecule has 0 saturated heterocycles. The first-order valence-electron chi connectivity index (χ1n) is 47.4. The van der Waals surface area contributed by atoms with Crippen LogP contribution < -0.4 is 23.7 Å². The Morgan fingerprint density at radius 3 is 0.894 bits per heavy atom. The van der Waals surface area contributed by atoms with Gasteiger partial charge < -0.3 is 23.7 Å². The van der Waals surface area contributed by atoms with Crippen LogP contribution in [0.15, 0.2) is 370 Å². The van der Waals surface area contributed by atoms with Gasteiger partial charge in [-0.25, -0.2) is 0 Å². The predicted molar refractivity (Wildman–Crippen MR) is 557 cm³/mol. The first-order valence-corrected chi connectivity index (χ1v) is 48.3. The third kappa shape index (κ3) is 32.2. The van der Waals surface area contributed by atoms with Gasteiger partial charge in [0.05, 0.1) is 27.8 Å². The topological polar surface area (TPSA) is 61.2 Å². The van der Waals surface area contributed by atoms with Crippen molar-refractivity contribution in [3.05, 3.63) is 420 Å². The molecule has 5 aliphatic heterocycles. The maximum atomic E-state index is 6.08. The average molecular weight is 1800 g/mol. The molecule has 5 atom stereocenters. The summed E-state index contributed by atoms with van der Waals surface area (Å²) in [4.78, 5) is 0. The van der Waals surface area contributed by atoms with Gasteiger partial charge >= 0.3 is 0 Å². The third-order valence-electron chi connectivity index (χ3n) is 22.3. The number of ether oxygens (including phenoxy) is 5. The van der Waals surface area contributed by atoms with E-state index in [0.717, 1.165) is 93.0 Å². The number of fused-ring (bicyclic) bond motifs is 5. The van der Waals surface area contributed by atoms with Crippen molar-refractivity contribution < 1.29 is 46.6 Å². The number of hydrogen-bond donors (Lipinski definition) is 0. The van der Waals surface area contributed by atoms with Crippen molar-refractivity contribution in [3.8, 4) is 28.7 Å². The number of hydrogen-bond acceptors (Lipinski definition) is 5. The van der Waals surface area contributed by atoms with E-state index in [1.807, 2.05) is 167 Å². The number of aryl methyl sites for hydroxylation is 1. The van der Waals surface area contributed by atoms with Crippen molar-refractivity contribution in [1.29, 1.82) is 0 Å². The minimum absolute atomic E-state index is 0.000358. The maximum Gasteiger partial charge on any atom is 0.299 e. The standard InChI is InChI=1S/C19H22NO.C18H20NO.3C15H14NO.C15H16.C9H12.C8H14.2C3H7Cl/c1-14-20(13-15-7-5-6-8-18(15)21-14)17-11-9-16(10-12-17)19(2,3)4;1-3-9-17-16-12-7-8-13-18(16)20-14(2)19(17)15-10-5-4-6-11-15;3*1-12-16(14-8-3-2-4-9-14)11-13-7-5-6-10-15(13)17-12;1-2-15(13-9-5-3-6-10-13)14-11-7-4-8-12-14;1-2-6-9-7-4-3-5-8-9;1-2-4-6-8-7-5-3-1;2*1-3(2)4/h5-14H,1-4H3;4-8,10-14H,3,9H2,1-2H3;3*2-12H,1H3;3-12,15H,2H2,1H3;3-5,7-8H,2,6H2,1H3;1-2H,3-8H2;2*3H,1-2H3/q5*+1;;;;;. The van der Waals surface area contributed by atoms with Gasteiger partial charge in [-0.05, 0) is 161 Å². The quantitative estimate of drug-likeness (QED) is 0.0693. The van der Waals surface area contributed by atoms with Crippen LogP contribution in [0.1, 0.15) is 224 Å². The van der Waals surface area contributed by atoms with E-state index in [1.54, 1.807) is 0 Å². The molecule has 12 heteroatoms. The molecule has 0 N–H and O–H groups in total. The number of alkyl halides is 2. The third-order valence-corrected chi connectivity index (χ3v) is 22.3. The Morgan fingerprint density at radius 1 is 0.303 bits per heavy atom. The Hall–Kier alpha value is -12.5. The molecule has 684 valence electrons. The summed E-state index contributed by atoms with van der Waals surface area (Å²) >= 11 is 10.5. The van der Waals surface area contributed by atoms with E-state index in [1.165, 1.54) is 90.6 Å². The SMILES string of the molecule is C1=CCCCCCC1.CC(C)Cl.CC(C)Cl.CC1Oc2ccccc2C=[N+]1c1ccc(C(C)(C)C)cc1.CC1Oc2ccccc2C=[N+]1c1ccccc1.CC1Oc2ccccc2C=[N+]1c1ccccc1.CC1Oc2ccccc2C=[N+]1c1ccccc1.CCC(c1ccccc1)c1ccccc1.CCCC1=[N+](c2ccccc2)C(C)Oc2ccccc21.CCCc1ccccc1. The zero-order valence-corrected chi connectivity index (χ0v) is 82.0. The fourth-order valence-electron chi connectivity index (χ4n) is 15.8. The van der Waals surface area contributed by atoms with E-state index >= 15 is 0 Å². The lowest BCUT2D eigenvalue weighted by Crippen LogP contribution is -2.35. The molecule has 19 rings (SSSR count). The van der Waals surface area contributed by atoms with Crippen LogP contribution in [0.2, 0.25) is 0 Å². The molecule has 132 heavy (non-hydrogen) atoms. The fraction of sp³-hybridized carbons (Fsp3) is 0.292. The molecule has 0 radical (unpaired) electrons. The number of halogens is 2. The van der Waals surface area contributed by atoms with Gasteiger partial charge in [0.2, 0.25) is 28.4 Å². The second kappa shape index (κ2) is 54.4. The van der Waals surface area contributed by atoms with Crippen molar-refractivity contribution in [2.75, 3.05) is 0 Å². The van der Waals surface area contributed by atoms with Crippen molar-refractivity contribution in [2.24, 2.45) is 0 Å². The summed E-state index contributed by atoms with van der Waals surface area (Å²) in [5.41, 5.74) is 18.6. The summed E-state index contributed by atoms with van der Waals surface area (Å²) in [6.45, 7) is 31.4. The highest BCUT2D eigenvalue weighted by molar-refractivity contribution is 6.20. The molecule has 6 aliphatic rings. The minimum Gasteiger partial charge on any atom is -0.433 e. The average Bonchev–Trinajstić information content (AvgIpc) is 0.783. The molecule has 0 saturated carbocycles. The van der Waals surface area contributed by atoms with Crippen LogP contribution >= 0.6 is 23.2 Å². The molecule has 0 bridgehead atoms. The van der Waals surface area contributed by atoms with Crippen molar-refractivity contribution in [2.45, 2.75) is 228 Å². The predicted octanol–water partition coefficient (Wildman–Crippen LogP) is 31.4. The zero-order chi connectivity index (χ0) is 93.8. The van der Waals surface area contributed by atoms with Gasteiger partial charge in [-0.15, -0.1) is 23.2 Å². The molecule has 0 spiro atoms. The minimum atomic E-state index is 0.000358. The van der Waals surface area contributed by atoms with Crippen molar-refractivity contribution in [3.63, 3.8) is 0 Å². The summed E-state index contributed by atoms with van der Waals surface area (Å²) in [5, 5.41) is 0.611. The van der Waals surface area contributed by atoms with Gasteiger partial charge in [0, 0.05) is 118 Å². The second-order valence-corrected chi connectivity index (χ2v) is 36.3. The number of allylic oxidation sites excluding steroid dienone is 2. The highest BCUT2D eigenvalue weighted by Gasteiger charge is 2.35. The Bertz CT molecular complexity index is 5430. The number of rotatable bonds is 12. The van der Waals surface area contributed by atoms with Crippen molar-refractivity contribution >= 4 is 82.2 Å². The molecule has 10 nitrogen and oxygen atoms in total. The summed E-state index contributed by atoms with van der Waals surface area (Å²) in [6, 6.07) is 123. The second-order valence-electron chi connectivity index (χ2n) is 34.6. The van der Waals surface area contributed by atoms with E-state index in [9.17, 15) is 0 Å². The number of nitrogens with zero attached hydrogens (tertiary/aromatic N) is 5. The van der Waals surface area contributed by atoms with Crippen LogP contribution in [0, 0.1) is 0 Å². The van der Waals surface area contributed by atoms with Gasteiger partial charge in [0.25, 0.3) is 31.1 Å². The Labute approximate surface area is 799 Å².